The number of tetrazole rings is 1. The Bertz CT molecular complexity index is 1560. The van der Waals surface area contributed by atoms with Gasteiger partial charge in [0, 0.05) is 28.3 Å². The molecule has 3 aromatic carbocycles. The number of aromatic nitrogens is 5. The van der Waals surface area contributed by atoms with Crippen LogP contribution in [0.1, 0.15) is 32.0 Å². The van der Waals surface area contributed by atoms with E-state index >= 15 is 0 Å². The van der Waals surface area contributed by atoms with E-state index in [4.69, 9.17) is 0 Å². The molecule has 9 nitrogen and oxygen atoms in total. The maximum atomic E-state index is 13.6. The van der Waals surface area contributed by atoms with Gasteiger partial charge >= 0.3 is 0 Å². The molecule has 10 heteroatoms. The first kappa shape index (κ1) is 22.8. The predicted molar refractivity (Wildman–Crippen MR) is 130 cm³/mol. The van der Waals surface area contributed by atoms with Crippen LogP contribution in [0.25, 0.3) is 22.3 Å². The predicted octanol–water partition coefficient (Wildman–Crippen LogP) is 3.46. The largest absolute Gasteiger partial charge is 0.270 e. The van der Waals surface area contributed by atoms with Crippen molar-refractivity contribution in [2.24, 2.45) is 0 Å². The number of aryl methyl sites for hydroxylation is 1. The van der Waals surface area contributed by atoms with E-state index in [0.29, 0.717) is 34.5 Å². The molecular weight excluding hydrogens is 461 g/mol. The minimum absolute atomic E-state index is 0.281. The lowest BCUT2D eigenvalue weighted by Crippen LogP contribution is -2.41. The molecule has 0 radical (unpaired) electrons. The zero-order valence-corrected chi connectivity index (χ0v) is 19.1. The van der Waals surface area contributed by atoms with Crippen molar-refractivity contribution in [1.82, 2.24) is 36.0 Å². The minimum atomic E-state index is -0.534. The highest BCUT2D eigenvalue weighted by Crippen LogP contribution is 2.19. The molecule has 2 amide bonds. The first-order chi connectivity index (χ1) is 17.5. The van der Waals surface area contributed by atoms with Gasteiger partial charge < -0.3 is 0 Å². The monoisotopic (exact) mass is 481 g/mol. The molecule has 0 saturated heterocycles. The van der Waals surface area contributed by atoms with E-state index in [1.54, 1.807) is 37.3 Å². The Kier molecular flexibility index (Phi) is 6.14. The molecule has 0 spiro atoms. The van der Waals surface area contributed by atoms with Crippen molar-refractivity contribution in [3.05, 3.63) is 107 Å². The van der Waals surface area contributed by atoms with Gasteiger partial charge in [0.1, 0.15) is 5.82 Å². The van der Waals surface area contributed by atoms with Gasteiger partial charge in [0.15, 0.2) is 0 Å². The van der Waals surface area contributed by atoms with Crippen LogP contribution in [0.5, 0.6) is 0 Å². The zero-order valence-electron chi connectivity index (χ0n) is 19.1. The van der Waals surface area contributed by atoms with Crippen LogP contribution >= 0.6 is 0 Å². The number of amides is 2. The third-order valence-electron chi connectivity index (χ3n) is 5.46. The SMILES string of the molecule is Cc1cc(C(=O)NNC(=O)c2ccc(Cn3nnc(-c4ccccc4)n3)cc2)c2ccc(F)cc2n1. The van der Waals surface area contributed by atoms with E-state index < -0.39 is 17.6 Å². The number of benzene rings is 3. The van der Waals surface area contributed by atoms with Gasteiger partial charge in [-0.1, -0.05) is 42.5 Å². The highest BCUT2D eigenvalue weighted by atomic mass is 19.1. The van der Waals surface area contributed by atoms with Gasteiger partial charge in [-0.15, -0.1) is 10.2 Å². The number of hydrogen-bond donors (Lipinski definition) is 2. The van der Waals surface area contributed by atoms with E-state index in [0.717, 1.165) is 11.1 Å². The molecule has 0 bridgehead atoms. The highest BCUT2D eigenvalue weighted by molar-refractivity contribution is 6.07. The van der Waals surface area contributed by atoms with Crippen molar-refractivity contribution in [2.75, 3.05) is 0 Å². The number of fused-ring (bicyclic) bond motifs is 1. The number of pyridine rings is 1. The van der Waals surface area contributed by atoms with Crippen LogP contribution in [-0.2, 0) is 6.54 Å². The standard InChI is InChI=1S/C26H20FN7O2/c1-16-13-22(21-12-11-20(27)14-23(21)28-16)26(36)31-30-25(35)19-9-7-17(8-10-19)15-34-32-24(29-33-34)18-5-3-2-4-6-18/h2-14H,15H2,1H3,(H,30,35)(H,31,36). The van der Waals surface area contributed by atoms with Crippen LogP contribution in [0.2, 0.25) is 0 Å². The summed E-state index contributed by atoms with van der Waals surface area (Å²) in [7, 11) is 0. The quantitative estimate of drug-likeness (QED) is 0.372. The molecule has 5 rings (SSSR count). The smallest absolute Gasteiger partial charge is 0.267 e. The average Bonchev–Trinajstić information content (AvgIpc) is 3.35. The fraction of sp³-hybridized carbons (Fsp3) is 0.0769. The number of nitrogens with zero attached hydrogens (tertiary/aromatic N) is 5. The lowest BCUT2D eigenvalue weighted by atomic mass is 10.1. The second-order valence-corrected chi connectivity index (χ2v) is 8.09. The van der Waals surface area contributed by atoms with Gasteiger partial charge in [0.05, 0.1) is 17.6 Å². The topological polar surface area (TPSA) is 115 Å². The number of carbonyl (C=O) groups is 2. The third kappa shape index (κ3) is 4.92. The van der Waals surface area contributed by atoms with E-state index in [1.165, 1.54) is 23.0 Å². The van der Waals surface area contributed by atoms with Crippen molar-refractivity contribution < 1.29 is 14.0 Å². The molecule has 0 aliphatic carbocycles. The molecule has 178 valence electrons. The first-order valence-corrected chi connectivity index (χ1v) is 11.1. The molecule has 0 saturated carbocycles. The summed E-state index contributed by atoms with van der Waals surface area (Å²) in [6, 6.07) is 22.0. The molecular formula is C26H20FN7O2. The summed E-state index contributed by atoms with van der Waals surface area (Å²) in [6.07, 6.45) is 0. The molecule has 0 fully saturated rings. The van der Waals surface area contributed by atoms with Crippen LogP contribution in [-0.4, -0.2) is 37.0 Å². The van der Waals surface area contributed by atoms with E-state index in [2.05, 4.69) is 31.2 Å². The van der Waals surface area contributed by atoms with E-state index in [1.807, 2.05) is 30.3 Å². The lowest BCUT2D eigenvalue weighted by Gasteiger charge is -2.10. The van der Waals surface area contributed by atoms with Crippen molar-refractivity contribution in [3.8, 4) is 11.4 Å². The summed E-state index contributed by atoms with van der Waals surface area (Å²) in [6.45, 7) is 2.09. The van der Waals surface area contributed by atoms with Crippen molar-refractivity contribution in [3.63, 3.8) is 0 Å². The molecule has 36 heavy (non-hydrogen) atoms. The summed E-state index contributed by atoms with van der Waals surface area (Å²) in [5.74, 6) is -0.931. The molecule has 0 unspecified atom stereocenters. The Hall–Kier alpha value is -4.99. The molecule has 0 atom stereocenters. The number of halogens is 1. The van der Waals surface area contributed by atoms with Crippen molar-refractivity contribution in [2.45, 2.75) is 13.5 Å². The van der Waals surface area contributed by atoms with Crippen LogP contribution in [0.3, 0.4) is 0 Å². The zero-order chi connectivity index (χ0) is 25.1. The fourth-order valence-corrected chi connectivity index (χ4v) is 3.71. The second-order valence-electron chi connectivity index (χ2n) is 8.09. The lowest BCUT2D eigenvalue weighted by molar-refractivity contribution is 0.0847. The Morgan fingerprint density at radius 1 is 0.917 bits per heavy atom. The molecule has 0 aliphatic heterocycles. The summed E-state index contributed by atoms with van der Waals surface area (Å²) >= 11 is 0. The number of hydrogen-bond acceptors (Lipinski definition) is 6. The van der Waals surface area contributed by atoms with Crippen LogP contribution in [0.15, 0.2) is 78.9 Å². The Balaban J connectivity index is 1.22. The van der Waals surface area contributed by atoms with Crippen LogP contribution in [0, 0.1) is 12.7 Å². The Morgan fingerprint density at radius 2 is 1.67 bits per heavy atom. The molecule has 2 heterocycles. The summed E-state index contributed by atoms with van der Waals surface area (Å²) in [5, 5.41) is 13.0. The number of nitrogens with one attached hydrogen (secondary N) is 2. The normalized spacial score (nSPS) is 10.8. The average molecular weight is 481 g/mol. The summed E-state index contributed by atoms with van der Waals surface area (Å²) in [5.41, 5.74) is 8.12. The Labute approximate surface area is 205 Å². The van der Waals surface area contributed by atoms with Gasteiger partial charge in [-0.05, 0) is 48.0 Å². The molecule has 2 aromatic heterocycles. The van der Waals surface area contributed by atoms with Crippen molar-refractivity contribution >= 4 is 22.7 Å². The second kappa shape index (κ2) is 9.71. The van der Waals surface area contributed by atoms with E-state index in [-0.39, 0.29) is 5.56 Å². The molecule has 2 N–H and O–H groups in total. The van der Waals surface area contributed by atoms with Gasteiger partial charge in [0.2, 0.25) is 5.82 Å². The first-order valence-electron chi connectivity index (χ1n) is 11.1. The fourth-order valence-electron chi connectivity index (χ4n) is 3.71. The number of carbonyl (C=O) groups excluding carboxylic acids is 2. The maximum Gasteiger partial charge on any atom is 0.270 e. The van der Waals surface area contributed by atoms with Crippen LogP contribution < -0.4 is 10.9 Å². The van der Waals surface area contributed by atoms with E-state index in [9.17, 15) is 14.0 Å². The van der Waals surface area contributed by atoms with Crippen LogP contribution in [0.4, 0.5) is 4.39 Å². The maximum absolute atomic E-state index is 13.6. The highest BCUT2D eigenvalue weighted by Gasteiger charge is 2.14. The van der Waals surface area contributed by atoms with Gasteiger partial charge in [-0.25, -0.2) is 4.39 Å². The molecule has 5 aromatic rings. The van der Waals surface area contributed by atoms with Gasteiger partial charge in [0.25, 0.3) is 11.8 Å². The third-order valence-corrected chi connectivity index (χ3v) is 5.46. The number of rotatable bonds is 5. The summed E-state index contributed by atoms with van der Waals surface area (Å²) < 4.78 is 13.6. The van der Waals surface area contributed by atoms with Crippen molar-refractivity contribution in [1.29, 1.82) is 0 Å². The number of hydrazine groups is 1. The minimum Gasteiger partial charge on any atom is -0.267 e. The summed E-state index contributed by atoms with van der Waals surface area (Å²) in [4.78, 5) is 31.0. The Morgan fingerprint density at radius 3 is 2.44 bits per heavy atom. The van der Waals surface area contributed by atoms with Gasteiger partial charge in [-0.3, -0.25) is 25.4 Å². The van der Waals surface area contributed by atoms with Gasteiger partial charge in [-0.2, -0.15) is 4.80 Å². The molecule has 0 aliphatic rings.